The van der Waals surface area contributed by atoms with Crippen LogP contribution in [0.3, 0.4) is 0 Å². The van der Waals surface area contributed by atoms with Crippen molar-refractivity contribution in [2.75, 3.05) is 6.54 Å². The molecule has 0 amide bonds. The zero-order chi connectivity index (χ0) is 14.5. The first-order valence-corrected chi connectivity index (χ1v) is 7.17. The molecule has 1 heterocycles. The van der Waals surface area contributed by atoms with E-state index in [1.807, 2.05) is 19.1 Å². The molecule has 1 aromatic carbocycles. The lowest BCUT2D eigenvalue weighted by Gasteiger charge is -2.10. The summed E-state index contributed by atoms with van der Waals surface area (Å²) in [6.45, 7) is 10.3. The van der Waals surface area contributed by atoms with Crippen LogP contribution in [0.4, 0.5) is 0 Å². The van der Waals surface area contributed by atoms with E-state index < -0.39 is 0 Å². The van der Waals surface area contributed by atoms with Gasteiger partial charge in [-0.3, -0.25) is 0 Å². The Morgan fingerprint density at radius 2 is 1.85 bits per heavy atom. The van der Waals surface area contributed by atoms with Gasteiger partial charge in [0.25, 0.3) is 0 Å². The highest BCUT2D eigenvalue weighted by atomic mass is 14.9. The molecule has 1 N–H and O–H groups in total. The maximum absolute atomic E-state index is 4.69. The summed E-state index contributed by atoms with van der Waals surface area (Å²) in [5.41, 5.74) is 4.39. The highest BCUT2D eigenvalue weighted by molar-refractivity contribution is 5.59. The number of nitrogens with zero attached hydrogens (tertiary/aromatic N) is 2. The summed E-state index contributed by atoms with van der Waals surface area (Å²) in [7, 11) is 0. The number of nitrogens with one attached hydrogen (secondary N) is 1. The minimum Gasteiger partial charge on any atom is -0.311 e. The SMILES string of the molecule is Cc1cc(CNCC(C)C)nc(-c2ccccc2C)n1. The Balaban J connectivity index is 2.23. The van der Waals surface area contributed by atoms with Crippen molar-refractivity contribution in [1.82, 2.24) is 15.3 Å². The van der Waals surface area contributed by atoms with Crippen molar-refractivity contribution in [3.8, 4) is 11.4 Å². The topological polar surface area (TPSA) is 37.8 Å². The van der Waals surface area contributed by atoms with E-state index in [0.29, 0.717) is 5.92 Å². The lowest BCUT2D eigenvalue weighted by atomic mass is 10.1. The average Bonchev–Trinajstić information content (AvgIpc) is 2.38. The van der Waals surface area contributed by atoms with Crippen molar-refractivity contribution in [3.63, 3.8) is 0 Å². The summed E-state index contributed by atoms with van der Waals surface area (Å²) < 4.78 is 0. The first-order valence-electron chi connectivity index (χ1n) is 7.17. The van der Waals surface area contributed by atoms with Crippen LogP contribution in [0.1, 0.15) is 30.8 Å². The second-order valence-electron chi connectivity index (χ2n) is 5.66. The summed E-state index contributed by atoms with van der Waals surface area (Å²) in [6.07, 6.45) is 0. The molecule has 1 aromatic heterocycles. The number of hydrogen-bond donors (Lipinski definition) is 1. The molecule has 0 bridgehead atoms. The lowest BCUT2D eigenvalue weighted by Crippen LogP contribution is -2.20. The Kier molecular flexibility index (Phi) is 4.85. The third-order valence-corrected chi connectivity index (χ3v) is 3.15. The van der Waals surface area contributed by atoms with Gasteiger partial charge in [0, 0.05) is 17.8 Å². The van der Waals surface area contributed by atoms with Crippen LogP contribution in [0.2, 0.25) is 0 Å². The third-order valence-electron chi connectivity index (χ3n) is 3.15. The molecule has 106 valence electrons. The molecule has 0 aliphatic carbocycles. The van der Waals surface area contributed by atoms with Gasteiger partial charge < -0.3 is 5.32 Å². The maximum Gasteiger partial charge on any atom is 0.159 e. The highest BCUT2D eigenvalue weighted by Gasteiger charge is 2.07. The average molecular weight is 269 g/mol. The monoisotopic (exact) mass is 269 g/mol. The van der Waals surface area contributed by atoms with Gasteiger partial charge >= 0.3 is 0 Å². The molecule has 3 heteroatoms. The van der Waals surface area contributed by atoms with Crippen molar-refractivity contribution >= 4 is 0 Å². The van der Waals surface area contributed by atoms with E-state index in [9.17, 15) is 0 Å². The number of benzene rings is 1. The smallest absolute Gasteiger partial charge is 0.159 e. The summed E-state index contributed by atoms with van der Waals surface area (Å²) in [5, 5.41) is 3.43. The second kappa shape index (κ2) is 6.62. The fourth-order valence-electron chi connectivity index (χ4n) is 2.16. The van der Waals surface area contributed by atoms with Crippen LogP contribution >= 0.6 is 0 Å². The first kappa shape index (κ1) is 14.7. The van der Waals surface area contributed by atoms with Crippen LogP contribution in [0.25, 0.3) is 11.4 Å². The fraction of sp³-hybridized carbons (Fsp3) is 0.412. The molecule has 3 nitrogen and oxygen atoms in total. The van der Waals surface area contributed by atoms with Gasteiger partial charge in [-0.2, -0.15) is 0 Å². The van der Waals surface area contributed by atoms with Gasteiger partial charge in [0.15, 0.2) is 5.82 Å². The first-order chi connectivity index (χ1) is 9.56. The molecule has 0 saturated heterocycles. The molecular formula is C17H23N3. The van der Waals surface area contributed by atoms with Crippen molar-refractivity contribution in [2.45, 2.75) is 34.2 Å². The maximum atomic E-state index is 4.69. The molecule has 0 atom stereocenters. The van der Waals surface area contributed by atoms with E-state index in [-0.39, 0.29) is 0 Å². The molecule has 0 aliphatic rings. The van der Waals surface area contributed by atoms with Crippen molar-refractivity contribution in [3.05, 3.63) is 47.3 Å². The Bertz CT molecular complexity index is 576. The quantitative estimate of drug-likeness (QED) is 0.902. The van der Waals surface area contributed by atoms with Crippen LogP contribution in [-0.4, -0.2) is 16.5 Å². The van der Waals surface area contributed by atoms with Gasteiger partial charge in [0.1, 0.15) is 0 Å². The van der Waals surface area contributed by atoms with Crippen LogP contribution in [0.15, 0.2) is 30.3 Å². The lowest BCUT2D eigenvalue weighted by molar-refractivity contribution is 0.548. The molecule has 20 heavy (non-hydrogen) atoms. The molecule has 0 aliphatic heterocycles. The Labute approximate surface area is 121 Å². The largest absolute Gasteiger partial charge is 0.311 e. The van der Waals surface area contributed by atoms with E-state index in [0.717, 1.165) is 35.9 Å². The minimum atomic E-state index is 0.647. The summed E-state index contributed by atoms with van der Waals surface area (Å²) in [4.78, 5) is 9.26. The van der Waals surface area contributed by atoms with Crippen molar-refractivity contribution in [2.24, 2.45) is 5.92 Å². The summed E-state index contributed by atoms with van der Waals surface area (Å²) in [5.74, 6) is 1.47. The van der Waals surface area contributed by atoms with Crippen molar-refractivity contribution in [1.29, 1.82) is 0 Å². The number of aromatic nitrogens is 2. The molecule has 2 aromatic rings. The van der Waals surface area contributed by atoms with Crippen LogP contribution in [0, 0.1) is 19.8 Å². The van der Waals surface area contributed by atoms with E-state index in [1.165, 1.54) is 5.56 Å². The molecule has 0 radical (unpaired) electrons. The summed E-state index contributed by atoms with van der Waals surface area (Å²) in [6, 6.07) is 10.3. The molecule has 0 unspecified atom stereocenters. The van der Waals surface area contributed by atoms with Gasteiger partial charge in [-0.25, -0.2) is 9.97 Å². The molecule has 0 fully saturated rings. The zero-order valence-electron chi connectivity index (χ0n) is 12.8. The Morgan fingerprint density at radius 3 is 2.55 bits per heavy atom. The van der Waals surface area contributed by atoms with Crippen LogP contribution < -0.4 is 5.32 Å². The third kappa shape index (κ3) is 3.87. The predicted octanol–water partition coefficient (Wildman–Crippen LogP) is 3.51. The Hall–Kier alpha value is -1.74. The number of aryl methyl sites for hydroxylation is 2. The fourth-order valence-corrected chi connectivity index (χ4v) is 2.16. The number of rotatable bonds is 5. The van der Waals surface area contributed by atoms with Crippen molar-refractivity contribution < 1.29 is 0 Å². The van der Waals surface area contributed by atoms with Gasteiger partial charge in [-0.05, 0) is 37.9 Å². The second-order valence-corrected chi connectivity index (χ2v) is 5.66. The van der Waals surface area contributed by atoms with Gasteiger partial charge in [0.2, 0.25) is 0 Å². The van der Waals surface area contributed by atoms with E-state index in [4.69, 9.17) is 0 Å². The predicted molar refractivity (Wildman–Crippen MR) is 83.5 cm³/mol. The molecule has 2 rings (SSSR count). The normalized spacial score (nSPS) is 11.1. The Morgan fingerprint density at radius 1 is 1.10 bits per heavy atom. The van der Waals surface area contributed by atoms with Gasteiger partial charge in [0.05, 0.1) is 5.69 Å². The minimum absolute atomic E-state index is 0.647. The van der Waals surface area contributed by atoms with E-state index in [1.54, 1.807) is 0 Å². The molecular weight excluding hydrogens is 246 g/mol. The van der Waals surface area contributed by atoms with Gasteiger partial charge in [-0.1, -0.05) is 38.1 Å². The standard InChI is InChI=1S/C17H23N3/c1-12(2)10-18-11-15-9-14(4)19-17(20-15)16-8-6-5-7-13(16)3/h5-9,12,18H,10-11H2,1-4H3. The van der Waals surface area contributed by atoms with Crippen LogP contribution in [-0.2, 0) is 6.54 Å². The zero-order valence-corrected chi connectivity index (χ0v) is 12.8. The van der Waals surface area contributed by atoms with Gasteiger partial charge in [-0.15, -0.1) is 0 Å². The summed E-state index contributed by atoms with van der Waals surface area (Å²) >= 11 is 0. The van der Waals surface area contributed by atoms with E-state index in [2.05, 4.69) is 54.3 Å². The highest BCUT2D eigenvalue weighted by Crippen LogP contribution is 2.19. The van der Waals surface area contributed by atoms with Crippen LogP contribution in [0.5, 0.6) is 0 Å². The molecule has 0 saturated carbocycles. The molecule has 0 spiro atoms. The number of hydrogen-bond acceptors (Lipinski definition) is 3. The van der Waals surface area contributed by atoms with E-state index >= 15 is 0 Å².